The Balaban J connectivity index is 2.76. The fraction of sp³-hybridized carbons (Fsp3) is 0.467. The molecular formula is C15H22N2O2. The Bertz CT molecular complexity index is 458. The Morgan fingerprint density at radius 3 is 2.05 bits per heavy atom. The lowest BCUT2D eigenvalue weighted by Gasteiger charge is -2.19. The van der Waals surface area contributed by atoms with Crippen LogP contribution in [-0.2, 0) is 10.2 Å². The number of likely N-dealkylation sites (N-methyl/N-ethyl adjacent to an activating group) is 1. The summed E-state index contributed by atoms with van der Waals surface area (Å²) in [5.74, 6) is -0.448. The number of amides is 2. The number of carbonyl (C=O) groups excluding carboxylic acids is 2. The number of benzene rings is 1. The van der Waals surface area contributed by atoms with Gasteiger partial charge in [0.2, 0.25) is 5.91 Å². The van der Waals surface area contributed by atoms with Gasteiger partial charge in [-0.1, -0.05) is 32.9 Å². The minimum atomic E-state index is -0.542. The molecule has 19 heavy (non-hydrogen) atoms. The van der Waals surface area contributed by atoms with Crippen LogP contribution in [0, 0.1) is 0 Å². The molecule has 4 heteroatoms. The number of nitrogens with one attached hydrogen (secondary N) is 2. The minimum Gasteiger partial charge on any atom is -0.357 e. The van der Waals surface area contributed by atoms with E-state index in [0.29, 0.717) is 5.56 Å². The van der Waals surface area contributed by atoms with E-state index < -0.39 is 6.04 Å². The van der Waals surface area contributed by atoms with Crippen LogP contribution < -0.4 is 10.6 Å². The molecule has 1 aromatic rings. The van der Waals surface area contributed by atoms with Crippen molar-refractivity contribution >= 4 is 11.8 Å². The van der Waals surface area contributed by atoms with E-state index in [0.717, 1.165) is 0 Å². The van der Waals surface area contributed by atoms with Gasteiger partial charge in [-0.25, -0.2) is 0 Å². The second-order valence-corrected chi connectivity index (χ2v) is 5.64. The third kappa shape index (κ3) is 4.09. The van der Waals surface area contributed by atoms with E-state index in [1.165, 1.54) is 5.56 Å². The molecule has 0 unspecified atom stereocenters. The molecule has 0 heterocycles. The monoisotopic (exact) mass is 262 g/mol. The molecule has 0 aliphatic carbocycles. The SMILES string of the molecule is CNC(=O)[C@H](C)NC(=O)c1ccc(C(C)(C)C)cc1. The van der Waals surface area contributed by atoms with Gasteiger partial charge in [-0.15, -0.1) is 0 Å². The lowest BCUT2D eigenvalue weighted by atomic mass is 9.86. The molecule has 0 aromatic heterocycles. The normalized spacial score (nSPS) is 12.7. The number of hydrogen-bond acceptors (Lipinski definition) is 2. The summed E-state index contributed by atoms with van der Waals surface area (Å²) in [6.45, 7) is 8.02. The summed E-state index contributed by atoms with van der Waals surface area (Å²) in [4.78, 5) is 23.3. The molecule has 1 aromatic carbocycles. The summed E-state index contributed by atoms with van der Waals surface area (Å²) in [6.07, 6.45) is 0. The van der Waals surface area contributed by atoms with Crippen LogP contribution in [0.25, 0.3) is 0 Å². The van der Waals surface area contributed by atoms with Crippen LogP contribution in [0.5, 0.6) is 0 Å². The fourth-order valence-corrected chi connectivity index (χ4v) is 1.68. The summed E-state index contributed by atoms with van der Waals surface area (Å²) >= 11 is 0. The summed E-state index contributed by atoms with van der Waals surface area (Å²) < 4.78 is 0. The van der Waals surface area contributed by atoms with Gasteiger partial charge in [-0.2, -0.15) is 0 Å². The molecule has 1 atom stereocenters. The van der Waals surface area contributed by atoms with Gasteiger partial charge in [-0.05, 0) is 30.0 Å². The van der Waals surface area contributed by atoms with Gasteiger partial charge in [0.1, 0.15) is 6.04 Å². The maximum Gasteiger partial charge on any atom is 0.251 e. The summed E-state index contributed by atoms with van der Waals surface area (Å²) in [6, 6.07) is 6.91. The second kappa shape index (κ2) is 5.87. The molecule has 2 N–H and O–H groups in total. The van der Waals surface area contributed by atoms with Crippen molar-refractivity contribution in [2.75, 3.05) is 7.05 Å². The smallest absolute Gasteiger partial charge is 0.251 e. The van der Waals surface area contributed by atoms with Gasteiger partial charge in [0, 0.05) is 12.6 Å². The summed E-state index contributed by atoms with van der Waals surface area (Å²) in [5, 5.41) is 5.15. The molecular weight excluding hydrogens is 240 g/mol. The zero-order valence-electron chi connectivity index (χ0n) is 12.2. The lowest BCUT2D eigenvalue weighted by Crippen LogP contribution is -2.43. The highest BCUT2D eigenvalue weighted by molar-refractivity contribution is 5.97. The van der Waals surface area contributed by atoms with Crippen LogP contribution in [0.1, 0.15) is 43.6 Å². The van der Waals surface area contributed by atoms with E-state index in [1.54, 1.807) is 26.1 Å². The van der Waals surface area contributed by atoms with Crippen molar-refractivity contribution in [3.8, 4) is 0 Å². The van der Waals surface area contributed by atoms with E-state index in [-0.39, 0.29) is 17.2 Å². The predicted octanol–water partition coefficient (Wildman–Crippen LogP) is 1.85. The Labute approximate surface area is 114 Å². The summed E-state index contributed by atoms with van der Waals surface area (Å²) in [7, 11) is 1.54. The van der Waals surface area contributed by atoms with Gasteiger partial charge < -0.3 is 10.6 Å². The summed E-state index contributed by atoms with van der Waals surface area (Å²) in [5.41, 5.74) is 1.79. The van der Waals surface area contributed by atoms with Crippen LogP contribution >= 0.6 is 0 Å². The lowest BCUT2D eigenvalue weighted by molar-refractivity contribution is -0.122. The molecule has 0 bridgehead atoms. The first-order valence-electron chi connectivity index (χ1n) is 6.38. The molecule has 2 amide bonds. The standard InChI is InChI=1S/C15H22N2O2/c1-10(13(18)16-5)17-14(19)11-6-8-12(9-7-11)15(2,3)4/h6-10H,1-5H3,(H,16,18)(H,17,19)/t10-/m0/s1. The molecule has 1 rings (SSSR count). The van der Waals surface area contributed by atoms with Crippen LogP contribution in [0.2, 0.25) is 0 Å². The number of hydrogen-bond donors (Lipinski definition) is 2. The third-order valence-corrected chi connectivity index (χ3v) is 3.00. The van der Waals surface area contributed by atoms with Crippen molar-refractivity contribution in [2.45, 2.75) is 39.2 Å². The molecule has 0 aliphatic rings. The Morgan fingerprint density at radius 2 is 1.63 bits per heavy atom. The molecule has 4 nitrogen and oxygen atoms in total. The van der Waals surface area contributed by atoms with Gasteiger partial charge in [-0.3, -0.25) is 9.59 Å². The molecule has 0 aliphatic heterocycles. The van der Waals surface area contributed by atoms with Gasteiger partial charge >= 0.3 is 0 Å². The fourth-order valence-electron chi connectivity index (χ4n) is 1.68. The highest BCUT2D eigenvalue weighted by Gasteiger charge is 2.17. The molecule has 0 saturated carbocycles. The zero-order valence-corrected chi connectivity index (χ0v) is 12.2. The van der Waals surface area contributed by atoms with E-state index in [9.17, 15) is 9.59 Å². The number of carbonyl (C=O) groups is 2. The highest BCUT2D eigenvalue weighted by Crippen LogP contribution is 2.22. The van der Waals surface area contributed by atoms with Crippen molar-refractivity contribution in [3.63, 3.8) is 0 Å². The van der Waals surface area contributed by atoms with E-state index in [2.05, 4.69) is 31.4 Å². The Kier molecular flexibility index (Phi) is 4.70. The van der Waals surface area contributed by atoms with Crippen LogP contribution in [0.4, 0.5) is 0 Å². The van der Waals surface area contributed by atoms with Crippen LogP contribution in [0.3, 0.4) is 0 Å². The highest BCUT2D eigenvalue weighted by atomic mass is 16.2. The Morgan fingerprint density at radius 1 is 1.11 bits per heavy atom. The van der Waals surface area contributed by atoms with E-state index in [4.69, 9.17) is 0 Å². The molecule has 0 saturated heterocycles. The molecule has 0 fully saturated rings. The predicted molar refractivity (Wildman–Crippen MR) is 76.1 cm³/mol. The first kappa shape index (κ1) is 15.2. The molecule has 0 spiro atoms. The van der Waals surface area contributed by atoms with Crippen molar-refractivity contribution < 1.29 is 9.59 Å². The van der Waals surface area contributed by atoms with Crippen molar-refractivity contribution in [3.05, 3.63) is 35.4 Å². The third-order valence-electron chi connectivity index (χ3n) is 3.00. The minimum absolute atomic E-state index is 0.0599. The van der Waals surface area contributed by atoms with Crippen molar-refractivity contribution in [1.29, 1.82) is 0 Å². The number of rotatable bonds is 3. The second-order valence-electron chi connectivity index (χ2n) is 5.64. The first-order valence-corrected chi connectivity index (χ1v) is 6.38. The van der Waals surface area contributed by atoms with E-state index >= 15 is 0 Å². The average molecular weight is 262 g/mol. The molecule has 104 valence electrons. The topological polar surface area (TPSA) is 58.2 Å². The quantitative estimate of drug-likeness (QED) is 0.873. The Hall–Kier alpha value is -1.84. The van der Waals surface area contributed by atoms with Crippen molar-refractivity contribution in [1.82, 2.24) is 10.6 Å². The van der Waals surface area contributed by atoms with Crippen molar-refractivity contribution in [2.24, 2.45) is 0 Å². The van der Waals surface area contributed by atoms with Gasteiger partial charge in [0.05, 0.1) is 0 Å². The molecule has 0 radical (unpaired) electrons. The maximum absolute atomic E-state index is 11.9. The largest absolute Gasteiger partial charge is 0.357 e. The first-order chi connectivity index (χ1) is 8.75. The average Bonchev–Trinajstić information content (AvgIpc) is 2.36. The van der Waals surface area contributed by atoms with Gasteiger partial charge in [0.25, 0.3) is 5.91 Å². The van der Waals surface area contributed by atoms with Crippen LogP contribution in [-0.4, -0.2) is 24.9 Å². The van der Waals surface area contributed by atoms with Gasteiger partial charge in [0.15, 0.2) is 0 Å². The zero-order chi connectivity index (χ0) is 14.6. The van der Waals surface area contributed by atoms with E-state index in [1.807, 2.05) is 12.1 Å². The van der Waals surface area contributed by atoms with Crippen LogP contribution in [0.15, 0.2) is 24.3 Å². The maximum atomic E-state index is 11.9.